The highest BCUT2D eigenvalue weighted by Gasteiger charge is 2.17. The zero-order valence-electron chi connectivity index (χ0n) is 9.67. The molecule has 0 unspecified atom stereocenters. The van der Waals surface area contributed by atoms with E-state index in [9.17, 15) is 4.79 Å². The fraction of sp³-hybridized carbons (Fsp3) is 0.417. The van der Waals surface area contributed by atoms with Gasteiger partial charge in [-0.15, -0.1) is 11.6 Å². The van der Waals surface area contributed by atoms with Crippen LogP contribution >= 0.6 is 11.6 Å². The smallest absolute Gasteiger partial charge is 0.342 e. The average Bonchev–Trinajstić information content (AvgIpc) is 2.27. The number of carbonyl (C=O) groups excluding carboxylic acids is 1. The molecule has 0 aromatic heterocycles. The Kier molecular flexibility index (Phi) is 4.62. The van der Waals surface area contributed by atoms with Crippen molar-refractivity contribution in [3.05, 3.63) is 28.8 Å². The molecule has 0 spiro atoms. The molecule has 88 valence electrons. The molecule has 0 radical (unpaired) electrons. The van der Waals surface area contributed by atoms with Crippen molar-refractivity contribution in [3.8, 4) is 5.75 Å². The number of rotatable bonds is 4. The Balaban J connectivity index is 3.21. The van der Waals surface area contributed by atoms with Gasteiger partial charge in [0.2, 0.25) is 0 Å². The number of halogens is 1. The van der Waals surface area contributed by atoms with Gasteiger partial charge in [0.15, 0.2) is 0 Å². The van der Waals surface area contributed by atoms with Gasteiger partial charge in [-0.3, -0.25) is 0 Å². The highest BCUT2D eigenvalue weighted by molar-refractivity contribution is 6.17. The summed E-state index contributed by atoms with van der Waals surface area (Å²) in [6.07, 6.45) is 0. The summed E-state index contributed by atoms with van der Waals surface area (Å²) in [6, 6.07) is 3.62. The minimum Gasteiger partial charge on any atom is -0.496 e. The largest absolute Gasteiger partial charge is 0.496 e. The van der Waals surface area contributed by atoms with Gasteiger partial charge < -0.3 is 9.47 Å². The van der Waals surface area contributed by atoms with Crippen molar-refractivity contribution >= 4 is 17.6 Å². The normalized spacial score (nSPS) is 10.0. The fourth-order valence-electron chi connectivity index (χ4n) is 1.53. The van der Waals surface area contributed by atoms with Gasteiger partial charge in [0.1, 0.15) is 11.3 Å². The molecular weight excluding hydrogens is 228 g/mol. The summed E-state index contributed by atoms with van der Waals surface area (Å²) < 4.78 is 10.1. The van der Waals surface area contributed by atoms with Crippen molar-refractivity contribution in [1.29, 1.82) is 0 Å². The van der Waals surface area contributed by atoms with Gasteiger partial charge in [-0.1, -0.05) is 6.07 Å². The summed E-state index contributed by atoms with van der Waals surface area (Å²) >= 11 is 5.75. The molecule has 0 amide bonds. The average molecular weight is 243 g/mol. The molecule has 0 aliphatic rings. The second-order valence-electron chi connectivity index (χ2n) is 3.34. The summed E-state index contributed by atoms with van der Waals surface area (Å²) in [5.74, 6) is 0.535. The van der Waals surface area contributed by atoms with E-state index in [-0.39, 0.29) is 5.97 Å². The number of alkyl halides is 1. The van der Waals surface area contributed by atoms with Crippen LogP contribution in [-0.4, -0.2) is 19.7 Å². The van der Waals surface area contributed by atoms with E-state index in [2.05, 4.69) is 0 Å². The first-order valence-electron chi connectivity index (χ1n) is 5.04. The van der Waals surface area contributed by atoms with Crippen molar-refractivity contribution in [3.63, 3.8) is 0 Å². The Hall–Kier alpha value is -1.22. The summed E-state index contributed by atoms with van der Waals surface area (Å²) in [7, 11) is 1.52. The number of hydrogen-bond acceptors (Lipinski definition) is 3. The SMILES string of the molecule is CCOC(=O)c1c(C)cc(CCl)cc1OC. The Labute approximate surface area is 100 Å². The minimum atomic E-state index is -0.363. The van der Waals surface area contributed by atoms with Crippen LogP contribution in [-0.2, 0) is 10.6 Å². The van der Waals surface area contributed by atoms with Crippen LogP contribution in [0.1, 0.15) is 28.4 Å². The van der Waals surface area contributed by atoms with Crippen molar-refractivity contribution in [2.24, 2.45) is 0 Å². The third-order valence-corrected chi connectivity index (χ3v) is 2.52. The van der Waals surface area contributed by atoms with Crippen LogP contribution in [0.5, 0.6) is 5.75 Å². The molecule has 0 bridgehead atoms. The lowest BCUT2D eigenvalue weighted by Crippen LogP contribution is -2.09. The maximum Gasteiger partial charge on any atom is 0.342 e. The van der Waals surface area contributed by atoms with Gasteiger partial charge in [-0.05, 0) is 31.0 Å². The van der Waals surface area contributed by atoms with Gasteiger partial charge >= 0.3 is 5.97 Å². The van der Waals surface area contributed by atoms with Gasteiger partial charge in [0.05, 0.1) is 13.7 Å². The van der Waals surface area contributed by atoms with E-state index in [0.717, 1.165) is 11.1 Å². The predicted octanol–water partition coefficient (Wildman–Crippen LogP) is 2.92. The minimum absolute atomic E-state index is 0.346. The van der Waals surface area contributed by atoms with E-state index in [1.807, 2.05) is 13.0 Å². The Morgan fingerprint density at radius 2 is 2.12 bits per heavy atom. The zero-order valence-corrected chi connectivity index (χ0v) is 10.4. The van der Waals surface area contributed by atoms with Gasteiger partial charge in [-0.2, -0.15) is 0 Å². The molecule has 1 rings (SSSR count). The zero-order chi connectivity index (χ0) is 12.1. The molecule has 1 aromatic rings. The van der Waals surface area contributed by atoms with E-state index in [0.29, 0.717) is 23.8 Å². The maximum absolute atomic E-state index is 11.7. The fourth-order valence-corrected chi connectivity index (χ4v) is 1.68. The number of esters is 1. The highest BCUT2D eigenvalue weighted by Crippen LogP contribution is 2.26. The molecular formula is C12H15ClO3. The van der Waals surface area contributed by atoms with Crippen LogP contribution in [0.2, 0.25) is 0 Å². The second-order valence-corrected chi connectivity index (χ2v) is 3.61. The highest BCUT2D eigenvalue weighted by atomic mass is 35.5. The summed E-state index contributed by atoms with van der Waals surface area (Å²) in [5.41, 5.74) is 2.20. The standard InChI is InChI=1S/C12H15ClO3/c1-4-16-12(14)11-8(2)5-9(7-13)6-10(11)15-3/h5-6H,4,7H2,1-3H3. The molecule has 0 heterocycles. The number of hydrogen-bond donors (Lipinski definition) is 0. The van der Waals surface area contributed by atoms with Crippen molar-refractivity contribution < 1.29 is 14.3 Å². The molecule has 0 atom stereocenters. The van der Waals surface area contributed by atoms with Crippen LogP contribution in [0.4, 0.5) is 0 Å². The molecule has 4 heteroatoms. The van der Waals surface area contributed by atoms with E-state index in [4.69, 9.17) is 21.1 Å². The number of benzene rings is 1. The third-order valence-electron chi connectivity index (χ3n) is 2.21. The summed E-state index contributed by atoms with van der Waals surface area (Å²) in [6.45, 7) is 3.95. The quantitative estimate of drug-likeness (QED) is 0.602. The van der Waals surface area contributed by atoms with Crippen molar-refractivity contribution in [2.45, 2.75) is 19.7 Å². The van der Waals surface area contributed by atoms with Crippen LogP contribution in [0.25, 0.3) is 0 Å². The Morgan fingerprint density at radius 3 is 2.62 bits per heavy atom. The van der Waals surface area contributed by atoms with Gasteiger partial charge in [-0.25, -0.2) is 4.79 Å². The van der Waals surface area contributed by atoms with E-state index >= 15 is 0 Å². The molecule has 0 aliphatic heterocycles. The lowest BCUT2D eigenvalue weighted by atomic mass is 10.0. The summed E-state index contributed by atoms with van der Waals surface area (Å²) in [5, 5.41) is 0. The first kappa shape index (κ1) is 12.8. The van der Waals surface area contributed by atoms with Crippen LogP contribution < -0.4 is 4.74 Å². The van der Waals surface area contributed by atoms with Crippen LogP contribution in [0.3, 0.4) is 0 Å². The lowest BCUT2D eigenvalue weighted by Gasteiger charge is -2.12. The molecule has 1 aromatic carbocycles. The first-order chi connectivity index (χ1) is 7.63. The number of ether oxygens (including phenoxy) is 2. The second kappa shape index (κ2) is 5.75. The molecule has 0 saturated carbocycles. The molecule has 16 heavy (non-hydrogen) atoms. The Bertz CT molecular complexity index is 388. The third kappa shape index (κ3) is 2.67. The maximum atomic E-state index is 11.7. The monoisotopic (exact) mass is 242 g/mol. The summed E-state index contributed by atoms with van der Waals surface area (Å²) in [4.78, 5) is 11.7. The van der Waals surface area contributed by atoms with Gasteiger partial charge in [0, 0.05) is 5.88 Å². The molecule has 0 saturated heterocycles. The van der Waals surface area contributed by atoms with E-state index in [1.165, 1.54) is 7.11 Å². The topological polar surface area (TPSA) is 35.5 Å². The van der Waals surface area contributed by atoms with Gasteiger partial charge in [0.25, 0.3) is 0 Å². The molecule has 0 fully saturated rings. The predicted molar refractivity (Wildman–Crippen MR) is 63.2 cm³/mol. The van der Waals surface area contributed by atoms with Crippen molar-refractivity contribution in [1.82, 2.24) is 0 Å². The van der Waals surface area contributed by atoms with Crippen LogP contribution in [0, 0.1) is 6.92 Å². The van der Waals surface area contributed by atoms with E-state index < -0.39 is 0 Å². The molecule has 0 aliphatic carbocycles. The first-order valence-corrected chi connectivity index (χ1v) is 5.58. The number of carbonyl (C=O) groups is 1. The lowest BCUT2D eigenvalue weighted by molar-refractivity contribution is 0.0522. The van der Waals surface area contributed by atoms with E-state index in [1.54, 1.807) is 13.0 Å². The Morgan fingerprint density at radius 1 is 1.44 bits per heavy atom. The van der Waals surface area contributed by atoms with Crippen LogP contribution in [0.15, 0.2) is 12.1 Å². The van der Waals surface area contributed by atoms with Crippen molar-refractivity contribution in [2.75, 3.05) is 13.7 Å². The molecule has 0 N–H and O–H groups in total. The molecule has 3 nitrogen and oxygen atoms in total. The number of methoxy groups -OCH3 is 1. The number of aryl methyl sites for hydroxylation is 1.